The molecular formula is C38H51BrN4O3S. The first-order chi connectivity index (χ1) is 22.8. The second-order valence-electron chi connectivity index (χ2n) is 9.90. The quantitative estimate of drug-likeness (QED) is 0.131. The smallest absolute Gasteiger partial charge is 0.261 e. The minimum absolute atomic E-state index is 0.0458. The molecule has 47 heavy (non-hydrogen) atoms. The minimum atomic E-state index is -0.0881. The third kappa shape index (κ3) is 13.1. The molecule has 3 aromatic rings. The predicted octanol–water partition coefficient (Wildman–Crippen LogP) is 10.1. The molecule has 1 aliphatic rings. The van der Waals surface area contributed by atoms with Crippen LogP contribution in [0.2, 0.25) is 0 Å². The molecule has 0 spiro atoms. The molecule has 0 saturated carbocycles. The van der Waals surface area contributed by atoms with Crippen molar-refractivity contribution < 1.29 is 14.4 Å². The van der Waals surface area contributed by atoms with E-state index in [4.69, 9.17) is 0 Å². The van der Waals surface area contributed by atoms with Crippen LogP contribution in [0.25, 0.3) is 10.4 Å². The summed E-state index contributed by atoms with van der Waals surface area (Å²) in [6, 6.07) is 16.9. The summed E-state index contributed by atoms with van der Waals surface area (Å²) in [7, 11) is 0. The molecule has 3 amide bonds. The van der Waals surface area contributed by atoms with Crippen molar-refractivity contribution in [2.75, 3.05) is 23.3 Å². The van der Waals surface area contributed by atoms with E-state index in [1.54, 1.807) is 30.5 Å². The van der Waals surface area contributed by atoms with E-state index in [0.717, 1.165) is 52.0 Å². The Labute approximate surface area is 294 Å². The lowest BCUT2D eigenvalue weighted by molar-refractivity contribution is -0.105. The number of nitrogens with zero attached hydrogens (tertiary/aromatic N) is 2. The minimum Gasteiger partial charge on any atom is -0.349 e. The number of halogens is 1. The zero-order chi connectivity index (χ0) is 35.2. The van der Waals surface area contributed by atoms with Crippen molar-refractivity contribution in [2.45, 2.75) is 80.7 Å². The number of anilines is 2. The Kier molecular flexibility index (Phi) is 20.6. The number of nitrogens with one attached hydrogen (secondary N) is 2. The maximum Gasteiger partial charge on any atom is 0.261 e. The molecule has 4 rings (SSSR count). The zero-order valence-corrected chi connectivity index (χ0v) is 31.5. The van der Waals surface area contributed by atoms with Gasteiger partial charge < -0.3 is 15.5 Å². The van der Waals surface area contributed by atoms with Crippen LogP contribution in [0.5, 0.6) is 0 Å². The number of rotatable bonds is 9. The van der Waals surface area contributed by atoms with Crippen molar-refractivity contribution in [3.63, 3.8) is 0 Å². The fraction of sp³-hybridized carbons (Fsp3) is 0.368. The highest BCUT2D eigenvalue weighted by molar-refractivity contribution is 9.12. The summed E-state index contributed by atoms with van der Waals surface area (Å²) in [5, 5.41) is 5.64. The summed E-state index contributed by atoms with van der Waals surface area (Å²) >= 11 is 4.80. The van der Waals surface area contributed by atoms with Gasteiger partial charge in [0.15, 0.2) is 0 Å². The maximum absolute atomic E-state index is 13.5. The molecule has 2 aromatic carbocycles. The van der Waals surface area contributed by atoms with E-state index in [1.807, 2.05) is 109 Å². The van der Waals surface area contributed by atoms with Crippen LogP contribution in [-0.4, -0.2) is 43.6 Å². The van der Waals surface area contributed by atoms with E-state index >= 15 is 0 Å². The van der Waals surface area contributed by atoms with E-state index in [1.165, 1.54) is 11.3 Å². The molecular weight excluding hydrogens is 672 g/mol. The van der Waals surface area contributed by atoms with Crippen LogP contribution in [0.3, 0.4) is 0 Å². The number of fused-ring (bicyclic) bond motifs is 3. The van der Waals surface area contributed by atoms with Crippen LogP contribution >= 0.6 is 27.3 Å². The van der Waals surface area contributed by atoms with Crippen LogP contribution in [0.1, 0.15) is 93.8 Å². The number of allylic oxidation sites excluding steroid dienone is 3. The molecule has 2 N–H and O–H groups in total. The molecule has 1 aliphatic heterocycles. The Morgan fingerprint density at radius 2 is 1.74 bits per heavy atom. The topological polar surface area (TPSA) is 90.9 Å². The number of aliphatic imine (C=N–C) groups is 1. The number of benzene rings is 2. The number of hydrogen-bond donors (Lipinski definition) is 2. The average molecular weight is 724 g/mol. The first-order valence-electron chi connectivity index (χ1n) is 16.4. The van der Waals surface area contributed by atoms with E-state index in [2.05, 4.69) is 31.6 Å². The van der Waals surface area contributed by atoms with Crippen molar-refractivity contribution in [1.29, 1.82) is 0 Å². The van der Waals surface area contributed by atoms with Crippen LogP contribution in [0, 0.1) is 0 Å². The average Bonchev–Trinajstić information content (AvgIpc) is 3.53. The fourth-order valence-corrected chi connectivity index (χ4v) is 5.62. The van der Waals surface area contributed by atoms with Crippen molar-refractivity contribution in [3.05, 3.63) is 93.3 Å². The molecule has 0 bridgehead atoms. The number of para-hydroxylation sites is 1. The van der Waals surface area contributed by atoms with Crippen molar-refractivity contribution in [2.24, 2.45) is 4.99 Å². The lowest BCUT2D eigenvalue weighted by Crippen LogP contribution is -2.33. The summed E-state index contributed by atoms with van der Waals surface area (Å²) in [5.74, 6) is -0.134. The number of amides is 3. The zero-order valence-electron chi connectivity index (χ0n) is 29.1. The Morgan fingerprint density at radius 1 is 1.06 bits per heavy atom. The van der Waals surface area contributed by atoms with Gasteiger partial charge in [0.05, 0.1) is 17.1 Å². The molecule has 1 aromatic heterocycles. The van der Waals surface area contributed by atoms with Gasteiger partial charge in [-0.2, -0.15) is 0 Å². The molecule has 1 unspecified atom stereocenters. The number of carbonyl (C=O) groups excluding carboxylic acids is 3. The largest absolute Gasteiger partial charge is 0.349 e. The maximum atomic E-state index is 13.5. The molecule has 254 valence electrons. The summed E-state index contributed by atoms with van der Waals surface area (Å²) in [6.07, 6.45) is 10.8. The lowest BCUT2D eigenvalue weighted by Gasteiger charge is -2.27. The summed E-state index contributed by atoms with van der Waals surface area (Å²) in [4.78, 5) is 44.5. The molecule has 2 heterocycles. The van der Waals surface area contributed by atoms with Gasteiger partial charge in [0.25, 0.3) is 11.8 Å². The van der Waals surface area contributed by atoms with Crippen LogP contribution in [-0.2, 0) is 11.2 Å². The van der Waals surface area contributed by atoms with Crippen molar-refractivity contribution in [1.82, 2.24) is 5.32 Å². The second-order valence-corrected chi connectivity index (χ2v) is 11.9. The second kappa shape index (κ2) is 23.5. The highest BCUT2D eigenvalue weighted by Crippen LogP contribution is 2.41. The third-order valence-electron chi connectivity index (χ3n) is 6.83. The fourth-order valence-electron chi connectivity index (χ4n) is 4.32. The summed E-state index contributed by atoms with van der Waals surface area (Å²) in [6.45, 7) is 17.3. The van der Waals surface area contributed by atoms with Gasteiger partial charge in [-0.25, -0.2) is 0 Å². The highest BCUT2D eigenvalue weighted by Gasteiger charge is 2.26. The number of thiophene rings is 1. The van der Waals surface area contributed by atoms with Gasteiger partial charge in [0, 0.05) is 45.0 Å². The normalized spacial score (nSPS) is 12.8. The molecule has 0 aliphatic carbocycles. The van der Waals surface area contributed by atoms with E-state index in [-0.39, 0.29) is 17.9 Å². The Hall–Kier alpha value is -3.82. The van der Waals surface area contributed by atoms with Gasteiger partial charge in [-0.1, -0.05) is 71.0 Å². The molecule has 0 saturated heterocycles. The van der Waals surface area contributed by atoms with Gasteiger partial charge in [0.1, 0.15) is 0 Å². The van der Waals surface area contributed by atoms with Gasteiger partial charge >= 0.3 is 0 Å². The van der Waals surface area contributed by atoms with Crippen LogP contribution in [0.4, 0.5) is 11.4 Å². The van der Waals surface area contributed by atoms with Crippen molar-refractivity contribution >= 4 is 63.1 Å². The van der Waals surface area contributed by atoms with Crippen LogP contribution < -0.4 is 15.5 Å². The Morgan fingerprint density at radius 3 is 2.36 bits per heavy atom. The molecule has 9 heteroatoms. The predicted molar refractivity (Wildman–Crippen MR) is 207 cm³/mol. The summed E-state index contributed by atoms with van der Waals surface area (Å²) in [5.41, 5.74) is 4.16. The first-order valence-corrected chi connectivity index (χ1v) is 18.0. The third-order valence-corrected chi connectivity index (χ3v) is 8.70. The molecule has 0 radical (unpaired) electrons. The van der Waals surface area contributed by atoms with Crippen LogP contribution in [0.15, 0.2) is 82.3 Å². The van der Waals surface area contributed by atoms with Gasteiger partial charge in [0.2, 0.25) is 6.41 Å². The number of hydrogen-bond acceptors (Lipinski definition) is 5. The van der Waals surface area contributed by atoms with Gasteiger partial charge in [-0.15, -0.1) is 11.3 Å². The van der Waals surface area contributed by atoms with E-state index in [9.17, 15) is 14.4 Å². The summed E-state index contributed by atoms with van der Waals surface area (Å²) < 4.78 is 1.03. The first kappa shape index (κ1) is 41.2. The molecule has 1 atom stereocenters. The monoisotopic (exact) mass is 722 g/mol. The highest BCUT2D eigenvalue weighted by atomic mass is 79.9. The van der Waals surface area contributed by atoms with Gasteiger partial charge in [-0.3, -0.25) is 19.4 Å². The number of aryl methyl sites for hydroxylation is 1. The lowest BCUT2D eigenvalue weighted by atomic mass is 9.99. The van der Waals surface area contributed by atoms with E-state index < -0.39 is 0 Å². The number of carbonyl (C=O) groups is 3. The van der Waals surface area contributed by atoms with Crippen molar-refractivity contribution in [3.8, 4) is 10.4 Å². The Balaban J connectivity index is 0.000000672. The standard InChI is InChI=1S/C26H27N3O3S.C8H12BrN.2C2H6/c1-3-17(2)28-25(31)23-15-19-7-6-14-29(22-9-5-4-8-21(22)24(19)33-23)26(32)18-10-12-20(13-11-18)27-16-30;1-3-5-6-10-7-8(9)4-2;2*1-2/h4-5,8-13,15-17H,3,6-7,14H2,1-2H3,(H,27,30)(H,28,31);3-5,7H,6H2,1-2H3;2*1-2H3/b;5-3?,8-4-,10-7?;;. The SMILES string of the molecule is CC.CC.CC=CCN=C/C(Br)=C/C.CCC(C)NC(=O)c1cc2c(s1)-c1ccccc1N(C(=O)c1ccc(NC=O)cc1)CCC2. The molecule has 0 fully saturated rings. The Bertz CT molecular complexity index is 1480. The molecule has 7 nitrogen and oxygen atoms in total. The van der Waals surface area contributed by atoms with Gasteiger partial charge in [-0.05, 0) is 97.9 Å². The van der Waals surface area contributed by atoms with E-state index in [0.29, 0.717) is 29.1 Å².